The Morgan fingerprint density at radius 1 is 1.43 bits per heavy atom. The van der Waals surface area contributed by atoms with Gasteiger partial charge in [-0.25, -0.2) is 8.42 Å². The summed E-state index contributed by atoms with van der Waals surface area (Å²) >= 11 is 11.8. The number of rotatable bonds is 4. The Labute approximate surface area is 132 Å². The van der Waals surface area contributed by atoms with Gasteiger partial charge in [0.15, 0.2) is 0 Å². The molecular formula is C12H13Cl2NO5S. The average molecular weight is 354 g/mol. The molecule has 1 aromatic carbocycles. The van der Waals surface area contributed by atoms with E-state index in [9.17, 15) is 13.2 Å². The van der Waals surface area contributed by atoms with Crippen molar-refractivity contribution >= 4 is 39.2 Å². The first-order chi connectivity index (χ1) is 9.82. The molecule has 2 rings (SSSR count). The van der Waals surface area contributed by atoms with Gasteiger partial charge in [0.1, 0.15) is 4.90 Å². The molecule has 0 saturated carbocycles. The van der Waals surface area contributed by atoms with E-state index < -0.39 is 22.0 Å². The van der Waals surface area contributed by atoms with Gasteiger partial charge in [-0.1, -0.05) is 23.2 Å². The molecule has 0 aromatic heterocycles. The Bertz CT molecular complexity index is 649. The molecule has 9 heteroatoms. The van der Waals surface area contributed by atoms with Gasteiger partial charge in [-0.05, 0) is 18.2 Å². The lowest BCUT2D eigenvalue weighted by molar-refractivity contribution is -0.139. The minimum Gasteiger partial charge on any atom is -0.481 e. The monoisotopic (exact) mass is 353 g/mol. The summed E-state index contributed by atoms with van der Waals surface area (Å²) in [4.78, 5) is 10.7. The summed E-state index contributed by atoms with van der Waals surface area (Å²) in [6, 6.07) is 3.36. The van der Waals surface area contributed by atoms with Crippen LogP contribution < -0.4 is 0 Å². The lowest BCUT2D eigenvalue weighted by Crippen LogP contribution is -2.49. The van der Waals surface area contributed by atoms with Crippen LogP contribution in [0.4, 0.5) is 0 Å². The number of morpholine rings is 1. The molecule has 0 bridgehead atoms. The van der Waals surface area contributed by atoms with Crippen LogP contribution in [-0.4, -0.2) is 49.6 Å². The number of hydrogen-bond acceptors (Lipinski definition) is 4. The number of carboxylic acid groups (broad SMARTS) is 1. The largest absolute Gasteiger partial charge is 0.481 e. The summed E-state index contributed by atoms with van der Waals surface area (Å²) in [6.07, 6.45) is -0.336. The topological polar surface area (TPSA) is 83.9 Å². The van der Waals surface area contributed by atoms with E-state index in [1.165, 1.54) is 18.2 Å². The molecular weight excluding hydrogens is 341 g/mol. The van der Waals surface area contributed by atoms with Crippen molar-refractivity contribution in [3.63, 3.8) is 0 Å². The van der Waals surface area contributed by atoms with Crippen LogP contribution in [0.25, 0.3) is 0 Å². The fraction of sp³-hybridized carbons (Fsp3) is 0.417. The second kappa shape index (κ2) is 6.50. The molecule has 0 amide bonds. The van der Waals surface area contributed by atoms with E-state index in [1.807, 2.05) is 0 Å². The highest BCUT2D eigenvalue weighted by molar-refractivity contribution is 7.89. The predicted octanol–water partition coefficient (Wildman–Crippen LogP) is 1.86. The molecule has 1 unspecified atom stereocenters. The molecule has 1 fully saturated rings. The maximum Gasteiger partial charge on any atom is 0.305 e. The van der Waals surface area contributed by atoms with Crippen molar-refractivity contribution in [2.45, 2.75) is 17.4 Å². The van der Waals surface area contributed by atoms with Crippen molar-refractivity contribution in [1.29, 1.82) is 0 Å². The fourth-order valence-electron chi connectivity index (χ4n) is 2.12. The smallest absolute Gasteiger partial charge is 0.305 e. The van der Waals surface area contributed by atoms with Crippen LogP contribution in [-0.2, 0) is 19.6 Å². The SMILES string of the molecule is O=C(O)CC1COCCN1S(=O)(=O)c1cc(Cl)ccc1Cl. The highest BCUT2D eigenvalue weighted by atomic mass is 35.5. The molecule has 1 aliphatic heterocycles. The van der Waals surface area contributed by atoms with Crippen molar-refractivity contribution in [2.75, 3.05) is 19.8 Å². The van der Waals surface area contributed by atoms with Gasteiger partial charge in [-0.15, -0.1) is 0 Å². The lowest BCUT2D eigenvalue weighted by atomic mass is 10.2. The van der Waals surface area contributed by atoms with Gasteiger partial charge in [0.2, 0.25) is 10.0 Å². The third-order valence-electron chi connectivity index (χ3n) is 3.06. The molecule has 6 nitrogen and oxygen atoms in total. The van der Waals surface area contributed by atoms with Crippen LogP contribution in [0.15, 0.2) is 23.1 Å². The molecule has 1 aromatic rings. The molecule has 1 heterocycles. The maximum absolute atomic E-state index is 12.7. The summed E-state index contributed by atoms with van der Waals surface area (Å²) in [7, 11) is -3.94. The second-order valence-corrected chi connectivity index (χ2v) is 7.22. The van der Waals surface area contributed by atoms with Gasteiger partial charge in [-0.2, -0.15) is 4.31 Å². The Balaban J connectivity index is 2.40. The van der Waals surface area contributed by atoms with Crippen molar-refractivity contribution in [2.24, 2.45) is 0 Å². The highest BCUT2D eigenvalue weighted by Crippen LogP contribution is 2.30. The summed E-state index contributed by atoms with van der Waals surface area (Å²) in [6.45, 7) is 0.306. The van der Waals surface area contributed by atoms with Crippen LogP contribution >= 0.6 is 23.2 Å². The quantitative estimate of drug-likeness (QED) is 0.892. The van der Waals surface area contributed by atoms with Crippen molar-refractivity contribution < 1.29 is 23.1 Å². The molecule has 0 aliphatic carbocycles. The number of nitrogens with zero attached hydrogens (tertiary/aromatic N) is 1. The summed E-state index contributed by atoms with van der Waals surface area (Å²) in [5.74, 6) is -1.09. The number of sulfonamides is 1. The van der Waals surface area contributed by atoms with E-state index in [0.29, 0.717) is 0 Å². The Morgan fingerprint density at radius 2 is 2.14 bits per heavy atom. The number of carbonyl (C=O) groups is 1. The van der Waals surface area contributed by atoms with E-state index in [-0.39, 0.29) is 41.1 Å². The molecule has 0 radical (unpaired) electrons. The Morgan fingerprint density at radius 3 is 2.81 bits per heavy atom. The Kier molecular flexibility index (Phi) is 5.11. The van der Waals surface area contributed by atoms with Crippen LogP contribution in [0, 0.1) is 0 Å². The summed E-state index contributed by atoms with van der Waals surface area (Å²) < 4.78 is 31.7. The standard InChI is InChI=1S/C12H13Cl2NO5S/c13-8-1-2-10(14)11(5-8)21(18,19)15-3-4-20-7-9(15)6-12(16)17/h1-2,5,9H,3-4,6-7H2,(H,16,17). The molecule has 0 spiro atoms. The Hall–Kier alpha value is -0.860. The molecule has 1 atom stereocenters. The number of carboxylic acids is 1. The summed E-state index contributed by atoms with van der Waals surface area (Å²) in [5.41, 5.74) is 0. The van der Waals surface area contributed by atoms with Crippen LogP contribution in [0.3, 0.4) is 0 Å². The van der Waals surface area contributed by atoms with Gasteiger partial charge < -0.3 is 9.84 Å². The normalized spacial score (nSPS) is 20.4. The van der Waals surface area contributed by atoms with E-state index in [2.05, 4.69) is 0 Å². The zero-order valence-electron chi connectivity index (χ0n) is 10.8. The zero-order chi connectivity index (χ0) is 15.6. The van der Waals surface area contributed by atoms with Crippen LogP contribution in [0.1, 0.15) is 6.42 Å². The number of hydrogen-bond donors (Lipinski definition) is 1. The number of halogens is 2. The van der Waals surface area contributed by atoms with Crippen LogP contribution in [0.2, 0.25) is 10.0 Å². The van der Waals surface area contributed by atoms with Crippen molar-refractivity contribution in [3.8, 4) is 0 Å². The third kappa shape index (κ3) is 3.67. The number of ether oxygens (including phenoxy) is 1. The van der Waals surface area contributed by atoms with Gasteiger partial charge in [-0.3, -0.25) is 4.79 Å². The van der Waals surface area contributed by atoms with E-state index in [0.717, 1.165) is 4.31 Å². The van der Waals surface area contributed by atoms with Gasteiger partial charge in [0, 0.05) is 11.6 Å². The summed E-state index contributed by atoms with van der Waals surface area (Å²) in [5, 5.41) is 9.17. The van der Waals surface area contributed by atoms with E-state index in [1.54, 1.807) is 0 Å². The average Bonchev–Trinajstić information content (AvgIpc) is 2.41. The number of benzene rings is 1. The minimum absolute atomic E-state index is 0.0315. The minimum atomic E-state index is -3.94. The molecule has 1 saturated heterocycles. The first-order valence-electron chi connectivity index (χ1n) is 6.09. The lowest BCUT2D eigenvalue weighted by Gasteiger charge is -2.33. The predicted molar refractivity (Wildman–Crippen MR) is 77.2 cm³/mol. The maximum atomic E-state index is 12.7. The molecule has 1 aliphatic rings. The molecule has 1 N–H and O–H groups in total. The van der Waals surface area contributed by atoms with E-state index in [4.69, 9.17) is 33.0 Å². The first kappa shape index (κ1) is 16.5. The van der Waals surface area contributed by atoms with E-state index >= 15 is 0 Å². The second-order valence-electron chi connectivity index (χ2n) is 4.52. The van der Waals surface area contributed by atoms with Crippen molar-refractivity contribution in [3.05, 3.63) is 28.2 Å². The van der Waals surface area contributed by atoms with Crippen LogP contribution in [0.5, 0.6) is 0 Å². The fourth-order valence-corrected chi connectivity index (χ4v) is 4.45. The van der Waals surface area contributed by atoms with Crippen molar-refractivity contribution in [1.82, 2.24) is 4.31 Å². The zero-order valence-corrected chi connectivity index (χ0v) is 13.2. The van der Waals surface area contributed by atoms with Gasteiger partial charge in [0.05, 0.1) is 30.7 Å². The highest BCUT2D eigenvalue weighted by Gasteiger charge is 2.36. The first-order valence-corrected chi connectivity index (χ1v) is 8.28. The molecule has 21 heavy (non-hydrogen) atoms. The van der Waals surface area contributed by atoms with Gasteiger partial charge >= 0.3 is 5.97 Å². The van der Waals surface area contributed by atoms with Gasteiger partial charge in [0.25, 0.3) is 0 Å². The number of aliphatic carboxylic acids is 1. The third-order valence-corrected chi connectivity index (χ3v) is 5.73. The molecule has 116 valence electrons.